The van der Waals surface area contributed by atoms with Gasteiger partial charge in [0.25, 0.3) is 5.91 Å². The zero-order chi connectivity index (χ0) is 12.7. The lowest BCUT2D eigenvalue weighted by Crippen LogP contribution is -2.53. The maximum atomic E-state index is 11.8. The van der Waals surface area contributed by atoms with Crippen LogP contribution in [-0.4, -0.2) is 41.1 Å². The van der Waals surface area contributed by atoms with E-state index in [0.29, 0.717) is 12.6 Å². The van der Waals surface area contributed by atoms with Gasteiger partial charge in [0.2, 0.25) is 0 Å². The Morgan fingerprint density at radius 3 is 2.65 bits per heavy atom. The van der Waals surface area contributed by atoms with Gasteiger partial charge in [-0.25, -0.2) is 5.84 Å². The molecule has 0 heterocycles. The van der Waals surface area contributed by atoms with E-state index < -0.39 is 0 Å². The summed E-state index contributed by atoms with van der Waals surface area (Å²) in [6, 6.07) is 0.233. The summed E-state index contributed by atoms with van der Waals surface area (Å²) in [7, 11) is 0. The van der Waals surface area contributed by atoms with Crippen molar-refractivity contribution in [2.24, 2.45) is 5.84 Å². The third kappa shape index (κ3) is 3.94. The zero-order valence-electron chi connectivity index (χ0n) is 10.7. The fraction of sp³-hybridized carbons (Fsp3) is 0.917. The van der Waals surface area contributed by atoms with E-state index in [2.05, 4.69) is 17.2 Å². The molecule has 0 aromatic rings. The highest BCUT2D eigenvalue weighted by Gasteiger charge is 2.31. The van der Waals surface area contributed by atoms with Crippen molar-refractivity contribution in [3.63, 3.8) is 0 Å². The number of amides is 1. The molecule has 0 saturated heterocycles. The smallest absolute Gasteiger partial charge is 0.251 e. The molecule has 5 heteroatoms. The van der Waals surface area contributed by atoms with Crippen LogP contribution in [0, 0.1) is 0 Å². The van der Waals surface area contributed by atoms with E-state index in [4.69, 9.17) is 10.9 Å². The van der Waals surface area contributed by atoms with E-state index in [-0.39, 0.29) is 18.6 Å². The molecule has 1 saturated carbocycles. The van der Waals surface area contributed by atoms with Gasteiger partial charge in [0.05, 0.1) is 12.6 Å². The van der Waals surface area contributed by atoms with Gasteiger partial charge < -0.3 is 5.11 Å². The van der Waals surface area contributed by atoms with Gasteiger partial charge in [-0.1, -0.05) is 26.2 Å². The van der Waals surface area contributed by atoms with Crippen molar-refractivity contribution in [2.45, 2.75) is 57.5 Å². The third-order valence-corrected chi connectivity index (χ3v) is 3.56. The molecule has 17 heavy (non-hydrogen) atoms. The summed E-state index contributed by atoms with van der Waals surface area (Å²) >= 11 is 0. The minimum atomic E-state index is -0.194. The summed E-state index contributed by atoms with van der Waals surface area (Å²) in [4.78, 5) is 14.0. The second-order valence-corrected chi connectivity index (χ2v) is 4.71. The quantitative estimate of drug-likeness (QED) is 0.343. The van der Waals surface area contributed by atoms with Gasteiger partial charge in [-0.05, 0) is 19.3 Å². The maximum Gasteiger partial charge on any atom is 0.251 e. The van der Waals surface area contributed by atoms with Crippen LogP contribution in [0.25, 0.3) is 0 Å². The number of nitrogens with two attached hydrogens (primary N) is 1. The van der Waals surface area contributed by atoms with Crippen molar-refractivity contribution in [1.82, 2.24) is 10.3 Å². The molecule has 1 unspecified atom stereocenters. The van der Waals surface area contributed by atoms with Gasteiger partial charge in [-0.2, -0.15) is 0 Å². The molecular weight excluding hydrogens is 218 g/mol. The highest BCUT2D eigenvalue weighted by Crippen LogP contribution is 2.26. The van der Waals surface area contributed by atoms with Crippen molar-refractivity contribution in [1.29, 1.82) is 0 Å². The molecule has 1 rings (SSSR count). The monoisotopic (exact) mass is 243 g/mol. The van der Waals surface area contributed by atoms with E-state index in [1.54, 1.807) is 0 Å². The minimum absolute atomic E-state index is 0.0918. The zero-order valence-corrected chi connectivity index (χ0v) is 10.7. The van der Waals surface area contributed by atoms with Crippen molar-refractivity contribution in [3.8, 4) is 0 Å². The molecule has 4 N–H and O–H groups in total. The van der Waals surface area contributed by atoms with Gasteiger partial charge in [0, 0.05) is 12.6 Å². The van der Waals surface area contributed by atoms with E-state index >= 15 is 0 Å². The fourth-order valence-electron chi connectivity index (χ4n) is 2.76. The molecule has 0 bridgehead atoms. The van der Waals surface area contributed by atoms with Crippen molar-refractivity contribution in [2.75, 3.05) is 13.2 Å². The number of aliphatic hydroxyl groups excluding tert-OH is 1. The molecule has 1 aliphatic carbocycles. The number of nitrogens with one attached hydrogen (secondary N) is 1. The number of aliphatic hydroxyl groups is 1. The molecule has 0 spiro atoms. The maximum absolute atomic E-state index is 11.8. The second kappa shape index (κ2) is 7.63. The summed E-state index contributed by atoms with van der Waals surface area (Å²) in [5, 5.41) is 9.16. The number of carbonyl (C=O) groups is 1. The predicted molar refractivity (Wildman–Crippen MR) is 67.1 cm³/mol. The lowest BCUT2D eigenvalue weighted by atomic mass is 10.1. The van der Waals surface area contributed by atoms with Crippen LogP contribution in [0.15, 0.2) is 0 Å². The Balaban J connectivity index is 2.71. The van der Waals surface area contributed by atoms with Gasteiger partial charge in [0.1, 0.15) is 0 Å². The Kier molecular flexibility index (Phi) is 6.47. The molecule has 1 atom stereocenters. The third-order valence-electron chi connectivity index (χ3n) is 3.56. The molecule has 0 aromatic heterocycles. The Labute approximate surface area is 103 Å². The van der Waals surface area contributed by atoms with Crippen LogP contribution in [0.4, 0.5) is 0 Å². The summed E-state index contributed by atoms with van der Waals surface area (Å²) in [6.07, 6.45) is 6.41. The largest absolute Gasteiger partial charge is 0.395 e. The molecule has 100 valence electrons. The number of hydrogen-bond acceptors (Lipinski definition) is 4. The number of nitrogens with zero attached hydrogens (tertiary/aromatic N) is 1. The number of carbonyl (C=O) groups excluding carboxylic acids is 1. The van der Waals surface area contributed by atoms with E-state index in [9.17, 15) is 4.79 Å². The van der Waals surface area contributed by atoms with Gasteiger partial charge in [-0.15, -0.1) is 0 Å². The molecule has 5 nitrogen and oxygen atoms in total. The lowest BCUT2D eigenvalue weighted by Gasteiger charge is -2.34. The van der Waals surface area contributed by atoms with Crippen LogP contribution in [0.5, 0.6) is 0 Å². The molecule has 0 aromatic carbocycles. The van der Waals surface area contributed by atoms with Gasteiger partial charge in [0.15, 0.2) is 0 Å². The van der Waals surface area contributed by atoms with Crippen LogP contribution < -0.4 is 11.3 Å². The van der Waals surface area contributed by atoms with Crippen LogP contribution in [0.3, 0.4) is 0 Å². The van der Waals surface area contributed by atoms with Crippen molar-refractivity contribution in [3.05, 3.63) is 0 Å². The van der Waals surface area contributed by atoms with E-state index in [1.807, 2.05) is 0 Å². The summed E-state index contributed by atoms with van der Waals surface area (Å²) < 4.78 is 0. The SMILES string of the molecule is CCCC(C(=O)NN)N(CCO)C1CCCC1. The average Bonchev–Trinajstić information content (AvgIpc) is 2.86. The molecule has 1 aliphatic rings. The van der Waals surface area contributed by atoms with Crippen LogP contribution in [0.1, 0.15) is 45.4 Å². The Hall–Kier alpha value is -0.650. The number of hydrogen-bond donors (Lipinski definition) is 3. The summed E-state index contributed by atoms with van der Waals surface area (Å²) in [5.74, 6) is 5.11. The lowest BCUT2D eigenvalue weighted by molar-refractivity contribution is -0.128. The first-order chi connectivity index (χ1) is 8.24. The second-order valence-electron chi connectivity index (χ2n) is 4.71. The fourth-order valence-corrected chi connectivity index (χ4v) is 2.76. The molecule has 1 fully saturated rings. The summed E-state index contributed by atoms with van der Waals surface area (Å²) in [5.41, 5.74) is 2.25. The highest BCUT2D eigenvalue weighted by atomic mass is 16.3. The first kappa shape index (κ1) is 14.4. The molecule has 0 radical (unpaired) electrons. The van der Waals surface area contributed by atoms with Crippen LogP contribution >= 0.6 is 0 Å². The van der Waals surface area contributed by atoms with Crippen molar-refractivity contribution < 1.29 is 9.90 Å². The predicted octanol–water partition coefficient (Wildman–Crippen LogP) is 0.382. The topological polar surface area (TPSA) is 78.6 Å². The Bertz CT molecular complexity index is 230. The van der Waals surface area contributed by atoms with Gasteiger partial charge in [-0.3, -0.25) is 15.1 Å². The van der Waals surface area contributed by atoms with Crippen LogP contribution in [-0.2, 0) is 4.79 Å². The van der Waals surface area contributed by atoms with E-state index in [1.165, 1.54) is 12.8 Å². The summed E-state index contributed by atoms with van der Waals surface area (Å²) in [6.45, 7) is 2.71. The van der Waals surface area contributed by atoms with Crippen molar-refractivity contribution >= 4 is 5.91 Å². The van der Waals surface area contributed by atoms with E-state index in [0.717, 1.165) is 25.7 Å². The Morgan fingerprint density at radius 2 is 2.18 bits per heavy atom. The Morgan fingerprint density at radius 1 is 1.53 bits per heavy atom. The molecule has 1 amide bonds. The first-order valence-corrected chi connectivity index (χ1v) is 6.61. The first-order valence-electron chi connectivity index (χ1n) is 6.61. The average molecular weight is 243 g/mol. The number of rotatable bonds is 7. The molecule has 0 aliphatic heterocycles. The molecular formula is C12H25N3O2. The minimum Gasteiger partial charge on any atom is -0.395 e. The highest BCUT2D eigenvalue weighted by molar-refractivity contribution is 5.81. The standard InChI is InChI=1S/C12H25N3O2/c1-2-5-11(12(17)14-13)15(8-9-16)10-6-3-4-7-10/h10-11,16H,2-9,13H2,1H3,(H,14,17). The normalized spacial score (nSPS) is 18.6. The van der Waals surface area contributed by atoms with Gasteiger partial charge >= 0.3 is 0 Å². The van der Waals surface area contributed by atoms with Crippen LogP contribution in [0.2, 0.25) is 0 Å². The number of hydrazine groups is 1.